The molecule has 5 heteroatoms. The minimum Gasteiger partial charge on any atom is -0.378 e. The van der Waals surface area contributed by atoms with Crippen molar-refractivity contribution in [1.82, 2.24) is 15.2 Å². The van der Waals surface area contributed by atoms with Crippen LogP contribution in [-0.2, 0) is 4.74 Å². The van der Waals surface area contributed by atoms with Crippen molar-refractivity contribution >= 4 is 6.03 Å². The Bertz CT molecular complexity index is 652. The van der Waals surface area contributed by atoms with E-state index < -0.39 is 0 Å². The van der Waals surface area contributed by atoms with Crippen LogP contribution < -0.4 is 5.32 Å². The van der Waals surface area contributed by atoms with Crippen LogP contribution in [0.15, 0.2) is 48.7 Å². The minimum absolute atomic E-state index is 0.0358. The van der Waals surface area contributed by atoms with Gasteiger partial charge in [0.15, 0.2) is 0 Å². The summed E-state index contributed by atoms with van der Waals surface area (Å²) in [6.07, 6.45) is 1.79. The highest BCUT2D eigenvalue weighted by Crippen LogP contribution is 2.22. The number of urea groups is 1. The molecule has 2 heterocycles. The molecule has 0 bridgehead atoms. The third-order valence-electron chi connectivity index (χ3n) is 4.28. The second-order valence-electron chi connectivity index (χ2n) is 6.00. The molecule has 1 atom stereocenters. The average Bonchev–Trinajstić information content (AvgIpc) is 2.65. The molecule has 1 aliphatic heterocycles. The third kappa shape index (κ3) is 4.11. The Morgan fingerprint density at radius 1 is 1.21 bits per heavy atom. The number of nitrogens with one attached hydrogen (secondary N) is 1. The first kappa shape index (κ1) is 16.5. The Hall–Kier alpha value is -2.40. The van der Waals surface area contributed by atoms with Gasteiger partial charge >= 0.3 is 6.03 Å². The predicted octanol–water partition coefficient (Wildman–Crippen LogP) is 2.56. The van der Waals surface area contributed by atoms with Crippen LogP contribution >= 0.6 is 0 Å². The van der Waals surface area contributed by atoms with Crippen LogP contribution in [0.1, 0.15) is 22.7 Å². The fraction of sp³-hybridized carbons (Fsp3) is 0.368. The van der Waals surface area contributed by atoms with Crippen LogP contribution in [0, 0.1) is 6.92 Å². The molecule has 1 aromatic heterocycles. The van der Waals surface area contributed by atoms with Crippen molar-refractivity contribution in [2.45, 2.75) is 12.8 Å². The first-order valence-corrected chi connectivity index (χ1v) is 8.32. The molecular weight excluding hydrogens is 302 g/mol. The fourth-order valence-corrected chi connectivity index (χ4v) is 2.84. The molecule has 1 N–H and O–H groups in total. The van der Waals surface area contributed by atoms with Crippen molar-refractivity contribution in [3.05, 3.63) is 65.5 Å². The largest absolute Gasteiger partial charge is 0.378 e. The summed E-state index contributed by atoms with van der Waals surface area (Å²) in [5, 5.41) is 3.06. The number of pyridine rings is 1. The van der Waals surface area contributed by atoms with Gasteiger partial charge in [0.2, 0.25) is 0 Å². The maximum Gasteiger partial charge on any atom is 0.317 e. The van der Waals surface area contributed by atoms with Gasteiger partial charge in [-0.15, -0.1) is 0 Å². The summed E-state index contributed by atoms with van der Waals surface area (Å²) in [5.74, 6) is 0.0387. The third-order valence-corrected chi connectivity index (χ3v) is 4.28. The first-order valence-electron chi connectivity index (χ1n) is 8.32. The van der Waals surface area contributed by atoms with Gasteiger partial charge in [-0.05, 0) is 24.6 Å². The van der Waals surface area contributed by atoms with Gasteiger partial charge in [0, 0.05) is 37.4 Å². The van der Waals surface area contributed by atoms with Crippen molar-refractivity contribution < 1.29 is 9.53 Å². The topological polar surface area (TPSA) is 54.5 Å². The number of benzene rings is 1. The van der Waals surface area contributed by atoms with E-state index in [1.807, 2.05) is 18.2 Å². The zero-order chi connectivity index (χ0) is 16.8. The number of hydrogen-bond donors (Lipinski definition) is 1. The molecule has 1 aliphatic rings. The Morgan fingerprint density at radius 2 is 1.96 bits per heavy atom. The van der Waals surface area contributed by atoms with Crippen LogP contribution in [0.4, 0.5) is 4.79 Å². The number of aromatic nitrogens is 1. The van der Waals surface area contributed by atoms with E-state index in [1.54, 1.807) is 11.1 Å². The molecule has 5 nitrogen and oxygen atoms in total. The van der Waals surface area contributed by atoms with E-state index in [0.29, 0.717) is 32.8 Å². The molecule has 1 aromatic carbocycles. The SMILES string of the molecule is Cc1ccc(C(CNC(=O)N2CCOCC2)c2ccccn2)cc1. The predicted molar refractivity (Wildman–Crippen MR) is 93.0 cm³/mol. The zero-order valence-corrected chi connectivity index (χ0v) is 13.9. The van der Waals surface area contributed by atoms with E-state index in [9.17, 15) is 4.79 Å². The average molecular weight is 325 g/mol. The van der Waals surface area contributed by atoms with E-state index in [0.717, 1.165) is 11.3 Å². The highest BCUT2D eigenvalue weighted by molar-refractivity contribution is 5.74. The Labute approximate surface area is 142 Å². The summed E-state index contributed by atoms with van der Waals surface area (Å²) < 4.78 is 5.29. The Balaban J connectivity index is 1.72. The molecule has 3 rings (SSSR count). The molecule has 0 radical (unpaired) electrons. The lowest BCUT2D eigenvalue weighted by molar-refractivity contribution is 0.0532. The normalized spacial score (nSPS) is 15.8. The molecule has 2 aromatic rings. The van der Waals surface area contributed by atoms with E-state index in [4.69, 9.17) is 4.74 Å². The van der Waals surface area contributed by atoms with Crippen molar-refractivity contribution in [3.8, 4) is 0 Å². The number of aryl methyl sites for hydroxylation is 1. The molecular formula is C19H23N3O2. The number of carbonyl (C=O) groups excluding carboxylic acids is 1. The van der Waals surface area contributed by atoms with Crippen LogP contribution in [0.25, 0.3) is 0 Å². The van der Waals surface area contributed by atoms with Crippen molar-refractivity contribution in [3.63, 3.8) is 0 Å². The molecule has 126 valence electrons. The minimum atomic E-state index is -0.0358. The summed E-state index contributed by atoms with van der Waals surface area (Å²) in [7, 11) is 0. The van der Waals surface area contributed by atoms with Crippen molar-refractivity contribution in [1.29, 1.82) is 0 Å². The summed E-state index contributed by atoms with van der Waals surface area (Å²) >= 11 is 0. The van der Waals surface area contributed by atoms with Gasteiger partial charge in [-0.2, -0.15) is 0 Å². The van der Waals surface area contributed by atoms with Crippen molar-refractivity contribution in [2.24, 2.45) is 0 Å². The van der Waals surface area contributed by atoms with Crippen LogP contribution in [0.2, 0.25) is 0 Å². The zero-order valence-electron chi connectivity index (χ0n) is 13.9. The van der Waals surface area contributed by atoms with Crippen LogP contribution in [0.5, 0.6) is 0 Å². The van der Waals surface area contributed by atoms with Gasteiger partial charge in [-0.3, -0.25) is 4.98 Å². The molecule has 1 saturated heterocycles. The summed E-state index contributed by atoms with van der Waals surface area (Å²) in [6.45, 7) is 5.09. The van der Waals surface area contributed by atoms with E-state index in [2.05, 4.69) is 41.5 Å². The second-order valence-corrected chi connectivity index (χ2v) is 6.00. The molecule has 0 spiro atoms. The standard InChI is InChI=1S/C19H23N3O2/c1-15-5-7-16(8-6-15)17(18-4-2-3-9-20-18)14-21-19(23)22-10-12-24-13-11-22/h2-9,17H,10-14H2,1H3,(H,21,23). The highest BCUT2D eigenvalue weighted by atomic mass is 16.5. The number of morpholine rings is 1. The molecule has 24 heavy (non-hydrogen) atoms. The summed E-state index contributed by atoms with van der Waals surface area (Å²) in [5.41, 5.74) is 3.33. The van der Waals surface area contributed by atoms with Gasteiger partial charge in [0.25, 0.3) is 0 Å². The second kappa shape index (κ2) is 7.93. The smallest absolute Gasteiger partial charge is 0.317 e. The Kier molecular flexibility index (Phi) is 5.43. The fourth-order valence-electron chi connectivity index (χ4n) is 2.84. The number of hydrogen-bond acceptors (Lipinski definition) is 3. The van der Waals surface area contributed by atoms with Gasteiger partial charge in [0.1, 0.15) is 0 Å². The van der Waals surface area contributed by atoms with E-state index >= 15 is 0 Å². The van der Waals surface area contributed by atoms with Gasteiger partial charge in [0.05, 0.1) is 13.2 Å². The maximum atomic E-state index is 12.4. The number of nitrogens with zero attached hydrogens (tertiary/aromatic N) is 2. The van der Waals surface area contributed by atoms with Gasteiger partial charge in [-0.1, -0.05) is 35.9 Å². The molecule has 1 unspecified atom stereocenters. The number of carbonyl (C=O) groups is 1. The van der Waals surface area contributed by atoms with E-state index in [1.165, 1.54) is 5.56 Å². The van der Waals surface area contributed by atoms with Crippen LogP contribution in [-0.4, -0.2) is 48.8 Å². The first-order chi connectivity index (χ1) is 11.7. The lowest BCUT2D eigenvalue weighted by atomic mass is 9.94. The molecule has 1 fully saturated rings. The molecule has 0 saturated carbocycles. The van der Waals surface area contributed by atoms with Gasteiger partial charge in [-0.25, -0.2) is 4.79 Å². The molecule has 0 aliphatic carbocycles. The molecule has 2 amide bonds. The quantitative estimate of drug-likeness (QED) is 0.940. The van der Waals surface area contributed by atoms with Gasteiger partial charge < -0.3 is 15.0 Å². The monoisotopic (exact) mass is 325 g/mol. The maximum absolute atomic E-state index is 12.4. The summed E-state index contributed by atoms with van der Waals surface area (Å²) in [6, 6.07) is 14.3. The Morgan fingerprint density at radius 3 is 2.62 bits per heavy atom. The number of amides is 2. The van der Waals surface area contributed by atoms with Crippen molar-refractivity contribution in [2.75, 3.05) is 32.8 Å². The number of rotatable bonds is 4. The number of ether oxygens (including phenoxy) is 1. The van der Waals surface area contributed by atoms with E-state index in [-0.39, 0.29) is 11.9 Å². The lowest BCUT2D eigenvalue weighted by Crippen LogP contribution is -2.47. The highest BCUT2D eigenvalue weighted by Gasteiger charge is 2.20. The summed E-state index contributed by atoms with van der Waals surface area (Å²) in [4.78, 5) is 18.6. The lowest BCUT2D eigenvalue weighted by Gasteiger charge is -2.28. The van der Waals surface area contributed by atoms with Crippen LogP contribution in [0.3, 0.4) is 0 Å².